The lowest BCUT2D eigenvalue weighted by atomic mass is 10.1. The minimum atomic E-state index is 0.257. The van der Waals surface area contributed by atoms with Crippen LogP contribution in [0.15, 0.2) is 11.6 Å². The van der Waals surface area contributed by atoms with Gasteiger partial charge in [0.2, 0.25) is 0 Å². The van der Waals surface area contributed by atoms with E-state index in [2.05, 4.69) is 17.9 Å². The number of Topliss-reactive ketones (excluding diaryl/α,β-unsaturated/α-hetero) is 1. The Morgan fingerprint density at radius 2 is 2.20 bits per heavy atom. The van der Waals surface area contributed by atoms with Gasteiger partial charge < -0.3 is 4.90 Å². The molecule has 1 fully saturated rings. The van der Waals surface area contributed by atoms with Gasteiger partial charge in [0.1, 0.15) is 0 Å². The Hall–Kier alpha value is -0.630. The third-order valence-electron chi connectivity index (χ3n) is 2.98. The molecule has 0 aromatic heterocycles. The molecule has 1 aliphatic carbocycles. The topological polar surface area (TPSA) is 20.3 Å². The fourth-order valence-corrected chi connectivity index (χ4v) is 2.14. The number of rotatable bonds is 5. The van der Waals surface area contributed by atoms with Crippen molar-refractivity contribution in [3.63, 3.8) is 0 Å². The summed E-state index contributed by atoms with van der Waals surface area (Å²) in [7, 11) is 4.07. The SMILES string of the molecule is CCCC/C=C1\CCC(CN(C)C)C1=O. The zero-order chi connectivity index (χ0) is 11.3. The van der Waals surface area contributed by atoms with Crippen LogP contribution in [0.25, 0.3) is 0 Å². The number of hydrogen-bond donors (Lipinski definition) is 0. The van der Waals surface area contributed by atoms with Gasteiger partial charge in [-0.2, -0.15) is 0 Å². The Morgan fingerprint density at radius 3 is 2.80 bits per heavy atom. The zero-order valence-electron chi connectivity index (χ0n) is 10.3. The molecule has 1 atom stereocenters. The first kappa shape index (κ1) is 12.4. The zero-order valence-corrected chi connectivity index (χ0v) is 10.3. The predicted octanol–water partition coefficient (Wildman–Crippen LogP) is 2.64. The molecule has 0 heterocycles. The highest BCUT2D eigenvalue weighted by atomic mass is 16.1. The highest BCUT2D eigenvalue weighted by Gasteiger charge is 2.28. The Bertz CT molecular complexity index is 243. The molecule has 0 bridgehead atoms. The van der Waals surface area contributed by atoms with Gasteiger partial charge in [-0.3, -0.25) is 4.79 Å². The summed E-state index contributed by atoms with van der Waals surface area (Å²) in [6.45, 7) is 3.09. The van der Waals surface area contributed by atoms with Gasteiger partial charge in [0.15, 0.2) is 5.78 Å². The van der Waals surface area contributed by atoms with Crippen molar-refractivity contribution in [2.24, 2.45) is 5.92 Å². The van der Waals surface area contributed by atoms with E-state index >= 15 is 0 Å². The molecule has 1 rings (SSSR count). The minimum Gasteiger partial charge on any atom is -0.309 e. The van der Waals surface area contributed by atoms with Crippen molar-refractivity contribution in [3.05, 3.63) is 11.6 Å². The van der Waals surface area contributed by atoms with E-state index in [1.165, 1.54) is 12.8 Å². The summed E-state index contributed by atoms with van der Waals surface area (Å²) in [5.74, 6) is 0.660. The first-order valence-corrected chi connectivity index (χ1v) is 6.03. The number of hydrogen-bond acceptors (Lipinski definition) is 2. The molecule has 2 nitrogen and oxygen atoms in total. The molecule has 1 unspecified atom stereocenters. The van der Waals surface area contributed by atoms with Gasteiger partial charge in [0.25, 0.3) is 0 Å². The molecule has 0 amide bonds. The maximum atomic E-state index is 11.9. The van der Waals surface area contributed by atoms with Gasteiger partial charge in [-0.15, -0.1) is 0 Å². The van der Waals surface area contributed by atoms with Crippen LogP contribution in [0.2, 0.25) is 0 Å². The fourth-order valence-electron chi connectivity index (χ4n) is 2.14. The molecule has 0 aromatic carbocycles. The number of ketones is 1. The van der Waals surface area contributed by atoms with Crippen molar-refractivity contribution in [1.29, 1.82) is 0 Å². The summed E-state index contributed by atoms with van der Waals surface area (Å²) in [5.41, 5.74) is 1.09. The molecule has 1 saturated carbocycles. The third-order valence-corrected chi connectivity index (χ3v) is 2.98. The van der Waals surface area contributed by atoms with E-state index in [9.17, 15) is 4.79 Å². The van der Waals surface area contributed by atoms with Crippen LogP contribution >= 0.6 is 0 Å². The van der Waals surface area contributed by atoms with Crippen molar-refractivity contribution in [1.82, 2.24) is 4.90 Å². The predicted molar refractivity (Wildman–Crippen MR) is 63.9 cm³/mol. The minimum absolute atomic E-state index is 0.257. The molecule has 2 heteroatoms. The van der Waals surface area contributed by atoms with E-state index in [4.69, 9.17) is 0 Å². The molecule has 0 saturated heterocycles. The second-order valence-electron chi connectivity index (χ2n) is 4.73. The number of carbonyl (C=O) groups excluding carboxylic acids is 1. The Kier molecular flexibility index (Phi) is 5.03. The van der Waals surface area contributed by atoms with Crippen molar-refractivity contribution < 1.29 is 4.79 Å². The summed E-state index contributed by atoms with van der Waals surface area (Å²) < 4.78 is 0. The van der Waals surface area contributed by atoms with Gasteiger partial charge in [-0.25, -0.2) is 0 Å². The summed E-state index contributed by atoms with van der Waals surface area (Å²) in [6.07, 6.45) is 7.71. The summed E-state index contributed by atoms with van der Waals surface area (Å²) >= 11 is 0. The maximum Gasteiger partial charge on any atom is 0.162 e. The van der Waals surface area contributed by atoms with E-state index in [0.29, 0.717) is 5.78 Å². The molecule has 0 radical (unpaired) electrons. The number of unbranched alkanes of at least 4 members (excludes halogenated alkanes) is 2. The first-order valence-electron chi connectivity index (χ1n) is 6.03. The highest BCUT2D eigenvalue weighted by Crippen LogP contribution is 2.27. The van der Waals surface area contributed by atoms with Crippen LogP contribution < -0.4 is 0 Å². The largest absolute Gasteiger partial charge is 0.309 e. The molecular formula is C13H23NO. The Balaban J connectivity index is 2.45. The third kappa shape index (κ3) is 3.78. The van der Waals surface area contributed by atoms with E-state index in [-0.39, 0.29) is 5.92 Å². The van der Waals surface area contributed by atoms with Crippen LogP contribution in [0.1, 0.15) is 39.0 Å². The maximum absolute atomic E-state index is 11.9. The van der Waals surface area contributed by atoms with Crippen LogP contribution in [-0.2, 0) is 4.79 Å². The van der Waals surface area contributed by atoms with Crippen molar-refractivity contribution in [2.45, 2.75) is 39.0 Å². The van der Waals surface area contributed by atoms with Crippen LogP contribution in [0.4, 0.5) is 0 Å². The Morgan fingerprint density at radius 1 is 1.47 bits per heavy atom. The van der Waals surface area contributed by atoms with Gasteiger partial charge in [-0.05, 0) is 38.9 Å². The van der Waals surface area contributed by atoms with E-state index < -0.39 is 0 Å². The van der Waals surface area contributed by atoms with E-state index in [1.807, 2.05) is 14.1 Å². The monoisotopic (exact) mass is 209 g/mol. The molecule has 15 heavy (non-hydrogen) atoms. The standard InChI is InChI=1S/C13H23NO/c1-4-5-6-7-11-8-9-12(13(11)15)10-14(2)3/h7,12H,4-6,8-10H2,1-3H3/b11-7+. The van der Waals surface area contributed by atoms with Crippen molar-refractivity contribution >= 4 is 5.78 Å². The lowest BCUT2D eigenvalue weighted by Crippen LogP contribution is -2.24. The molecule has 0 aliphatic heterocycles. The molecule has 0 aromatic rings. The Labute approximate surface area is 93.3 Å². The van der Waals surface area contributed by atoms with Crippen LogP contribution in [-0.4, -0.2) is 31.3 Å². The summed E-state index contributed by atoms with van der Waals surface area (Å²) in [4.78, 5) is 14.0. The average Bonchev–Trinajstić information content (AvgIpc) is 2.49. The fraction of sp³-hybridized carbons (Fsp3) is 0.769. The van der Waals surface area contributed by atoms with Crippen LogP contribution in [0.5, 0.6) is 0 Å². The van der Waals surface area contributed by atoms with Gasteiger partial charge >= 0.3 is 0 Å². The molecular weight excluding hydrogens is 186 g/mol. The quantitative estimate of drug-likeness (QED) is 0.512. The highest BCUT2D eigenvalue weighted by molar-refractivity contribution is 5.99. The molecule has 86 valence electrons. The lowest BCUT2D eigenvalue weighted by molar-refractivity contribution is -0.118. The molecule has 0 N–H and O–H groups in total. The second-order valence-corrected chi connectivity index (χ2v) is 4.73. The second kappa shape index (κ2) is 6.06. The van der Waals surface area contributed by atoms with Crippen LogP contribution in [0, 0.1) is 5.92 Å². The molecule has 0 spiro atoms. The van der Waals surface area contributed by atoms with Crippen LogP contribution in [0.3, 0.4) is 0 Å². The number of carbonyl (C=O) groups is 1. The number of allylic oxidation sites excluding steroid dienone is 2. The average molecular weight is 209 g/mol. The smallest absolute Gasteiger partial charge is 0.162 e. The summed E-state index contributed by atoms with van der Waals surface area (Å²) in [5, 5.41) is 0. The van der Waals surface area contributed by atoms with Gasteiger partial charge in [0.05, 0.1) is 0 Å². The number of nitrogens with zero attached hydrogens (tertiary/aromatic N) is 1. The van der Waals surface area contributed by atoms with Crippen molar-refractivity contribution in [2.75, 3.05) is 20.6 Å². The van der Waals surface area contributed by atoms with Gasteiger partial charge in [0, 0.05) is 12.5 Å². The lowest BCUT2D eigenvalue weighted by Gasteiger charge is -2.13. The first-order chi connectivity index (χ1) is 7.15. The summed E-state index contributed by atoms with van der Waals surface area (Å²) in [6, 6.07) is 0. The normalized spacial score (nSPS) is 24.4. The molecule has 1 aliphatic rings. The van der Waals surface area contributed by atoms with E-state index in [0.717, 1.165) is 31.4 Å². The van der Waals surface area contributed by atoms with E-state index in [1.54, 1.807) is 0 Å². The van der Waals surface area contributed by atoms with Crippen molar-refractivity contribution in [3.8, 4) is 0 Å². The van der Waals surface area contributed by atoms with Gasteiger partial charge in [-0.1, -0.05) is 25.8 Å².